The summed E-state index contributed by atoms with van der Waals surface area (Å²) >= 11 is 0. The second-order valence-electron chi connectivity index (χ2n) is 5.67. The lowest BCUT2D eigenvalue weighted by atomic mass is 10.1. The summed E-state index contributed by atoms with van der Waals surface area (Å²) in [7, 11) is 2.23. The van der Waals surface area contributed by atoms with Crippen molar-refractivity contribution < 1.29 is 5.21 Å². The van der Waals surface area contributed by atoms with Crippen LogP contribution in [0.2, 0.25) is 0 Å². The average Bonchev–Trinajstić information content (AvgIpc) is 2.71. The molecule has 2 fully saturated rings. The minimum Gasteiger partial charge on any atom is -0.409 e. The Labute approximate surface area is 118 Å². The Morgan fingerprint density at radius 3 is 3.00 bits per heavy atom. The molecular formula is C14H21N5O. The van der Waals surface area contributed by atoms with E-state index < -0.39 is 0 Å². The van der Waals surface area contributed by atoms with Crippen LogP contribution < -0.4 is 10.6 Å². The van der Waals surface area contributed by atoms with Gasteiger partial charge in [0.2, 0.25) is 0 Å². The fraction of sp³-hybridized carbons (Fsp3) is 0.571. The maximum absolute atomic E-state index is 8.78. The number of rotatable bonds is 2. The van der Waals surface area contributed by atoms with E-state index in [1.165, 1.54) is 19.3 Å². The molecule has 2 atom stereocenters. The van der Waals surface area contributed by atoms with Crippen LogP contribution in [-0.2, 0) is 0 Å². The van der Waals surface area contributed by atoms with Crippen LogP contribution in [0, 0.1) is 0 Å². The van der Waals surface area contributed by atoms with E-state index in [0.717, 1.165) is 18.9 Å². The van der Waals surface area contributed by atoms with E-state index in [1.807, 2.05) is 6.07 Å². The third-order valence-electron chi connectivity index (χ3n) is 4.62. The van der Waals surface area contributed by atoms with Crippen molar-refractivity contribution in [3.8, 4) is 0 Å². The van der Waals surface area contributed by atoms with Gasteiger partial charge in [0.05, 0.1) is 0 Å². The molecule has 0 radical (unpaired) electrons. The van der Waals surface area contributed by atoms with Crippen LogP contribution in [0.3, 0.4) is 0 Å². The SMILES string of the molecule is CN1C2CCC1CN(c1cc(C(N)=NO)ccn1)CC2. The van der Waals surface area contributed by atoms with Gasteiger partial charge >= 0.3 is 0 Å². The maximum atomic E-state index is 8.78. The molecule has 0 spiro atoms. The zero-order valence-electron chi connectivity index (χ0n) is 11.7. The van der Waals surface area contributed by atoms with Gasteiger partial charge in [0, 0.05) is 36.9 Å². The molecule has 2 unspecified atom stereocenters. The molecule has 0 aromatic carbocycles. The predicted molar refractivity (Wildman–Crippen MR) is 78.2 cm³/mol. The first-order valence-corrected chi connectivity index (χ1v) is 7.10. The topological polar surface area (TPSA) is 78.0 Å². The van der Waals surface area contributed by atoms with Crippen molar-refractivity contribution >= 4 is 11.7 Å². The number of likely N-dealkylation sites (N-methyl/N-ethyl adjacent to an activating group) is 1. The van der Waals surface area contributed by atoms with Crippen molar-refractivity contribution in [2.75, 3.05) is 25.0 Å². The van der Waals surface area contributed by atoms with Gasteiger partial charge in [0.25, 0.3) is 0 Å². The fourth-order valence-corrected chi connectivity index (χ4v) is 3.33. The van der Waals surface area contributed by atoms with E-state index in [2.05, 4.69) is 27.0 Å². The second-order valence-corrected chi connectivity index (χ2v) is 5.67. The van der Waals surface area contributed by atoms with Crippen LogP contribution in [0.4, 0.5) is 5.82 Å². The van der Waals surface area contributed by atoms with Gasteiger partial charge in [0.1, 0.15) is 5.82 Å². The molecule has 20 heavy (non-hydrogen) atoms. The van der Waals surface area contributed by atoms with Crippen molar-refractivity contribution in [3.05, 3.63) is 23.9 Å². The minimum atomic E-state index is 0.127. The number of nitrogens with zero attached hydrogens (tertiary/aromatic N) is 4. The molecule has 1 aromatic rings. The first kappa shape index (κ1) is 13.2. The molecule has 0 amide bonds. The van der Waals surface area contributed by atoms with Gasteiger partial charge < -0.3 is 15.8 Å². The van der Waals surface area contributed by atoms with Gasteiger partial charge in [-0.05, 0) is 38.4 Å². The Kier molecular flexibility index (Phi) is 3.48. The van der Waals surface area contributed by atoms with E-state index in [9.17, 15) is 0 Å². The highest BCUT2D eigenvalue weighted by Gasteiger charge is 2.34. The normalized spacial score (nSPS) is 27.6. The van der Waals surface area contributed by atoms with Crippen LogP contribution in [0.5, 0.6) is 0 Å². The lowest BCUT2D eigenvalue weighted by molar-refractivity contribution is 0.254. The van der Waals surface area contributed by atoms with E-state index in [-0.39, 0.29) is 5.84 Å². The molecule has 2 aliphatic rings. The number of pyridine rings is 1. The van der Waals surface area contributed by atoms with Gasteiger partial charge in [-0.15, -0.1) is 0 Å². The Balaban J connectivity index is 1.83. The Hall–Kier alpha value is -1.82. The first-order valence-electron chi connectivity index (χ1n) is 7.10. The average molecular weight is 275 g/mol. The lowest BCUT2D eigenvalue weighted by Crippen LogP contribution is -2.37. The van der Waals surface area contributed by atoms with Crippen LogP contribution in [0.25, 0.3) is 0 Å². The molecule has 0 aliphatic carbocycles. The minimum absolute atomic E-state index is 0.127. The highest BCUT2D eigenvalue weighted by molar-refractivity contribution is 5.97. The number of oxime groups is 1. The quantitative estimate of drug-likeness (QED) is 0.362. The van der Waals surface area contributed by atoms with Gasteiger partial charge in [-0.2, -0.15) is 0 Å². The summed E-state index contributed by atoms with van der Waals surface area (Å²) in [6.45, 7) is 2.01. The number of fused-ring (bicyclic) bond motifs is 2. The molecule has 6 heteroatoms. The second kappa shape index (κ2) is 5.28. The molecular weight excluding hydrogens is 254 g/mol. The molecule has 1 aromatic heterocycles. The van der Waals surface area contributed by atoms with Gasteiger partial charge in [-0.3, -0.25) is 4.90 Å². The predicted octanol–water partition coefficient (Wildman–Crippen LogP) is 0.849. The smallest absolute Gasteiger partial charge is 0.170 e. The number of nitrogens with two attached hydrogens (primary N) is 1. The van der Waals surface area contributed by atoms with Crippen LogP contribution in [-0.4, -0.2) is 53.1 Å². The first-order chi connectivity index (χ1) is 9.69. The molecule has 2 saturated heterocycles. The van der Waals surface area contributed by atoms with Gasteiger partial charge in [-0.1, -0.05) is 5.16 Å². The van der Waals surface area contributed by atoms with Crippen LogP contribution in [0.1, 0.15) is 24.8 Å². The van der Waals surface area contributed by atoms with Crippen molar-refractivity contribution in [3.63, 3.8) is 0 Å². The third kappa shape index (κ3) is 2.31. The monoisotopic (exact) mass is 275 g/mol. The van der Waals surface area contributed by atoms with Crippen molar-refractivity contribution in [2.24, 2.45) is 10.9 Å². The number of amidine groups is 1. The fourth-order valence-electron chi connectivity index (χ4n) is 3.33. The highest BCUT2D eigenvalue weighted by atomic mass is 16.4. The zero-order chi connectivity index (χ0) is 14.1. The van der Waals surface area contributed by atoms with Crippen molar-refractivity contribution in [1.29, 1.82) is 0 Å². The lowest BCUT2D eigenvalue weighted by Gasteiger charge is -2.26. The standard InChI is InChI=1S/C14H21N5O/c1-18-11-2-3-12(18)9-19(7-5-11)13-8-10(4-6-16-13)14(15)17-20/h4,6,8,11-12,20H,2-3,5,7,9H2,1H3,(H2,15,17). The molecule has 2 bridgehead atoms. The van der Waals surface area contributed by atoms with Gasteiger partial charge in [0.15, 0.2) is 5.84 Å². The summed E-state index contributed by atoms with van der Waals surface area (Å²) in [5.41, 5.74) is 6.36. The van der Waals surface area contributed by atoms with Gasteiger partial charge in [-0.25, -0.2) is 4.98 Å². The van der Waals surface area contributed by atoms with Crippen LogP contribution >= 0.6 is 0 Å². The molecule has 108 valence electrons. The molecule has 2 aliphatic heterocycles. The number of hydrogen-bond acceptors (Lipinski definition) is 5. The summed E-state index contributed by atoms with van der Waals surface area (Å²) in [5, 5.41) is 11.8. The summed E-state index contributed by atoms with van der Waals surface area (Å²) in [6, 6.07) is 4.97. The number of anilines is 1. The Bertz CT molecular complexity index is 518. The Morgan fingerprint density at radius 2 is 2.20 bits per heavy atom. The van der Waals surface area contributed by atoms with E-state index in [1.54, 1.807) is 12.3 Å². The highest BCUT2D eigenvalue weighted by Crippen LogP contribution is 2.30. The third-order valence-corrected chi connectivity index (χ3v) is 4.62. The summed E-state index contributed by atoms with van der Waals surface area (Å²) in [5.74, 6) is 1.04. The number of hydrogen-bond donors (Lipinski definition) is 2. The maximum Gasteiger partial charge on any atom is 0.170 e. The van der Waals surface area contributed by atoms with E-state index >= 15 is 0 Å². The van der Waals surface area contributed by atoms with Crippen molar-refractivity contribution in [2.45, 2.75) is 31.3 Å². The van der Waals surface area contributed by atoms with E-state index in [0.29, 0.717) is 17.6 Å². The molecule has 3 heterocycles. The molecule has 0 saturated carbocycles. The summed E-state index contributed by atoms with van der Waals surface area (Å²) in [6.07, 6.45) is 5.46. The molecule has 6 nitrogen and oxygen atoms in total. The summed E-state index contributed by atoms with van der Waals surface area (Å²) < 4.78 is 0. The number of aromatic nitrogens is 1. The molecule has 3 N–H and O–H groups in total. The van der Waals surface area contributed by atoms with E-state index in [4.69, 9.17) is 10.9 Å². The van der Waals surface area contributed by atoms with Crippen LogP contribution in [0.15, 0.2) is 23.5 Å². The Morgan fingerprint density at radius 1 is 1.40 bits per heavy atom. The largest absolute Gasteiger partial charge is 0.409 e. The zero-order valence-corrected chi connectivity index (χ0v) is 11.7. The molecule has 3 rings (SSSR count). The summed E-state index contributed by atoms with van der Waals surface area (Å²) in [4.78, 5) is 9.27. The van der Waals surface area contributed by atoms with Crippen molar-refractivity contribution in [1.82, 2.24) is 9.88 Å².